The highest BCUT2D eigenvalue weighted by molar-refractivity contribution is 6.04. The van der Waals surface area contributed by atoms with Crippen LogP contribution in [0.3, 0.4) is 0 Å². The Labute approximate surface area is 142 Å². The van der Waals surface area contributed by atoms with Gasteiger partial charge in [0, 0.05) is 18.3 Å². The standard InChI is InChI=1S/C17H16F3N3O2/c1-2-3-7-22-16(24)10-6-8-21-13(9-10)17(25)23-12-5-4-11(18)14(19)15(12)20/h4-6,8-9H,2-3,7H2,1H3,(H,22,24)(H,23,25). The number of unbranched alkanes of at least 4 members (excludes halogenated alkanes) is 1. The Morgan fingerprint density at radius 2 is 1.84 bits per heavy atom. The fourth-order valence-corrected chi connectivity index (χ4v) is 1.99. The molecule has 2 aromatic rings. The van der Waals surface area contributed by atoms with E-state index in [2.05, 4.69) is 15.6 Å². The Balaban J connectivity index is 2.14. The van der Waals surface area contributed by atoms with Crippen LogP contribution in [-0.2, 0) is 0 Å². The minimum Gasteiger partial charge on any atom is -0.352 e. The minimum atomic E-state index is -1.69. The highest BCUT2D eigenvalue weighted by Gasteiger charge is 2.17. The first-order chi connectivity index (χ1) is 11.9. The number of amides is 2. The molecule has 0 atom stereocenters. The summed E-state index contributed by atoms with van der Waals surface area (Å²) >= 11 is 0. The number of benzene rings is 1. The number of aromatic nitrogens is 1. The maximum absolute atomic E-state index is 13.6. The maximum Gasteiger partial charge on any atom is 0.274 e. The summed E-state index contributed by atoms with van der Waals surface area (Å²) in [6.45, 7) is 2.48. The Morgan fingerprint density at radius 3 is 2.56 bits per heavy atom. The van der Waals surface area contributed by atoms with E-state index in [0.717, 1.165) is 18.9 Å². The summed E-state index contributed by atoms with van der Waals surface area (Å²) in [7, 11) is 0. The highest BCUT2D eigenvalue weighted by atomic mass is 19.2. The van der Waals surface area contributed by atoms with Crippen molar-refractivity contribution in [2.45, 2.75) is 19.8 Å². The van der Waals surface area contributed by atoms with Crippen LogP contribution in [0.4, 0.5) is 18.9 Å². The predicted molar refractivity (Wildman–Crippen MR) is 85.7 cm³/mol. The summed E-state index contributed by atoms with van der Waals surface area (Å²) in [5, 5.41) is 4.79. The molecule has 1 aromatic heterocycles. The fourth-order valence-electron chi connectivity index (χ4n) is 1.99. The molecule has 2 amide bonds. The molecule has 0 unspecified atom stereocenters. The molecule has 0 aliphatic heterocycles. The molecular formula is C17H16F3N3O2. The van der Waals surface area contributed by atoms with Gasteiger partial charge in [0.05, 0.1) is 5.69 Å². The number of carbonyl (C=O) groups excluding carboxylic acids is 2. The Bertz CT molecular complexity index is 797. The van der Waals surface area contributed by atoms with Gasteiger partial charge in [-0.15, -0.1) is 0 Å². The Kier molecular flexibility index (Phi) is 6.10. The lowest BCUT2D eigenvalue weighted by atomic mass is 10.2. The monoisotopic (exact) mass is 351 g/mol. The van der Waals surface area contributed by atoms with Gasteiger partial charge in [0.25, 0.3) is 11.8 Å². The van der Waals surface area contributed by atoms with Gasteiger partial charge in [-0.05, 0) is 30.7 Å². The summed E-state index contributed by atoms with van der Waals surface area (Å²) in [4.78, 5) is 27.9. The number of halogens is 3. The third-order valence-electron chi connectivity index (χ3n) is 3.35. The number of nitrogens with one attached hydrogen (secondary N) is 2. The molecule has 0 fully saturated rings. The van der Waals surface area contributed by atoms with Gasteiger partial charge in [-0.3, -0.25) is 14.6 Å². The van der Waals surface area contributed by atoms with E-state index < -0.39 is 29.0 Å². The van der Waals surface area contributed by atoms with Gasteiger partial charge in [-0.2, -0.15) is 0 Å². The quantitative estimate of drug-likeness (QED) is 0.620. The average molecular weight is 351 g/mol. The third kappa shape index (κ3) is 4.56. The van der Waals surface area contributed by atoms with Crippen LogP contribution in [0.5, 0.6) is 0 Å². The van der Waals surface area contributed by atoms with Crippen molar-refractivity contribution in [3.8, 4) is 0 Å². The Hall–Kier alpha value is -2.90. The molecule has 8 heteroatoms. The van der Waals surface area contributed by atoms with Crippen LogP contribution < -0.4 is 10.6 Å². The van der Waals surface area contributed by atoms with E-state index in [0.29, 0.717) is 12.6 Å². The van der Waals surface area contributed by atoms with Crippen LogP contribution >= 0.6 is 0 Å². The lowest BCUT2D eigenvalue weighted by Crippen LogP contribution is -2.25. The van der Waals surface area contributed by atoms with Gasteiger partial charge < -0.3 is 10.6 Å². The molecule has 1 aromatic carbocycles. The first-order valence-corrected chi connectivity index (χ1v) is 7.63. The van der Waals surface area contributed by atoms with Crippen LogP contribution in [0, 0.1) is 17.5 Å². The summed E-state index contributed by atoms with van der Waals surface area (Å²) in [5.74, 6) is -5.78. The van der Waals surface area contributed by atoms with E-state index in [9.17, 15) is 22.8 Å². The Morgan fingerprint density at radius 1 is 1.08 bits per heavy atom. The predicted octanol–water partition coefficient (Wildman–Crippen LogP) is 3.28. The molecule has 0 saturated heterocycles. The van der Waals surface area contributed by atoms with E-state index >= 15 is 0 Å². The van der Waals surface area contributed by atoms with Gasteiger partial charge in [-0.25, -0.2) is 13.2 Å². The van der Waals surface area contributed by atoms with Crippen molar-refractivity contribution in [1.29, 1.82) is 0 Å². The number of hydrogen-bond acceptors (Lipinski definition) is 3. The molecule has 1 heterocycles. The largest absolute Gasteiger partial charge is 0.352 e. The highest BCUT2D eigenvalue weighted by Crippen LogP contribution is 2.20. The van der Waals surface area contributed by atoms with Crippen LogP contribution in [0.2, 0.25) is 0 Å². The van der Waals surface area contributed by atoms with Crippen molar-refractivity contribution in [3.05, 3.63) is 59.2 Å². The molecule has 2 N–H and O–H groups in total. The molecule has 5 nitrogen and oxygen atoms in total. The maximum atomic E-state index is 13.6. The fraction of sp³-hybridized carbons (Fsp3) is 0.235. The number of pyridine rings is 1. The van der Waals surface area contributed by atoms with Crippen LogP contribution in [0.15, 0.2) is 30.5 Å². The molecule has 0 radical (unpaired) electrons. The zero-order valence-corrected chi connectivity index (χ0v) is 13.4. The van der Waals surface area contributed by atoms with E-state index in [4.69, 9.17) is 0 Å². The first-order valence-electron chi connectivity index (χ1n) is 7.63. The van der Waals surface area contributed by atoms with Crippen LogP contribution in [0.25, 0.3) is 0 Å². The summed E-state index contributed by atoms with van der Waals surface area (Å²) in [6, 6.07) is 4.25. The lowest BCUT2D eigenvalue weighted by molar-refractivity contribution is 0.0953. The van der Waals surface area contributed by atoms with Crippen molar-refractivity contribution < 1.29 is 22.8 Å². The number of rotatable bonds is 6. The zero-order chi connectivity index (χ0) is 18.4. The van der Waals surface area contributed by atoms with Crippen molar-refractivity contribution in [3.63, 3.8) is 0 Å². The topological polar surface area (TPSA) is 71.1 Å². The van der Waals surface area contributed by atoms with E-state index in [-0.39, 0.29) is 17.2 Å². The number of hydrogen-bond donors (Lipinski definition) is 2. The number of nitrogens with zero attached hydrogens (tertiary/aromatic N) is 1. The van der Waals surface area contributed by atoms with Gasteiger partial charge in [-0.1, -0.05) is 13.3 Å². The molecule has 0 bridgehead atoms. The van der Waals surface area contributed by atoms with Crippen molar-refractivity contribution in [2.24, 2.45) is 0 Å². The average Bonchev–Trinajstić information content (AvgIpc) is 2.62. The molecule has 0 aliphatic rings. The van der Waals surface area contributed by atoms with Crippen molar-refractivity contribution in [2.75, 3.05) is 11.9 Å². The number of carbonyl (C=O) groups is 2. The molecule has 2 rings (SSSR count). The molecule has 25 heavy (non-hydrogen) atoms. The summed E-state index contributed by atoms with van der Waals surface area (Å²) < 4.78 is 39.7. The van der Waals surface area contributed by atoms with E-state index in [1.165, 1.54) is 18.3 Å². The van der Waals surface area contributed by atoms with Crippen molar-refractivity contribution in [1.82, 2.24) is 10.3 Å². The smallest absolute Gasteiger partial charge is 0.274 e. The van der Waals surface area contributed by atoms with E-state index in [1.807, 2.05) is 6.92 Å². The minimum absolute atomic E-state index is 0.160. The second kappa shape index (κ2) is 8.27. The van der Waals surface area contributed by atoms with E-state index in [1.54, 1.807) is 0 Å². The lowest BCUT2D eigenvalue weighted by Gasteiger charge is -2.08. The SMILES string of the molecule is CCCCNC(=O)c1ccnc(C(=O)Nc2ccc(F)c(F)c2F)c1. The molecule has 132 valence electrons. The van der Waals surface area contributed by atoms with Crippen LogP contribution in [-0.4, -0.2) is 23.3 Å². The first kappa shape index (κ1) is 18.4. The second-order valence-electron chi connectivity index (χ2n) is 5.22. The number of anilines is 1. The normalized spacial score (nSPS) is 10.4. The van der Waals surface area contributed by atoms with Gasteiger partial charge in [0.1, 0.15) is 5.69 Å². The zero-order valence-electron chi connectivity index (χ0n) is 13.4. The van der Waals surface area contributed by atoms with Gasteiger partial charge in [0.15, 0.2) is 17.5 Å². The molecule has 0 saturated carbocycles. The van der Waals surface area contributed by atoms with Gasteiger partial charge in [0.2, 0.25) is 0 Å². The second-order valence-corrected chi connectivity index (χ2v) is 5.22. The van der Waals surface area contributed by atoms with Gasteiger partial charge >= 0.3 is 0 Å². The van der Waals surface area contributed by atoms with Crippen LogP contribution in [0.1, 0.15) is 40.6 Å². The molecule has 0 aliphatic carbocycles. The summed E-state index contributed by atoms with van der Waals surface area (Å²) in [5.41, 5.74) is -0.474. The third-order valence-corrected chi connectivity index (χ3v) is 3.35. The van der Waals surface area contributed by atoms with Crippen molar-refractivity contribution >= 4 is 17.5 Å². The summed E-state index contributed by atoms with van der Waals surface area (Å²) in [6.07, 6.45) is 2.99. The molecule has 0 spiro atoms. The molecular weight excluding hydrogens is 335 g/mol.